The van der Waals surface area contributed by atoms with Crippen molar-refractivity contribution in [3.05, 3.63) is 90.0 Å². The Morgan fingerprint density at radius 3 is 2.74 bits per heavy atom. The summed E-state index contributed by atoms with van der Waals surface area (Å²) >= 11 is 0. The number of hydrogen-bond donors (Lipinski definition) is 1. The lowest BCUT2D eigenvalue weighted by atomic mass is 9.97. The highest BCUT2D eigenvalue weighted by Crippen LogP contribution is 2.25. The number of fused-ring (bicyclic) bond motifs is 1. The number of aryl methyl sites for hydroxylation is 1. The van der Waals surface area contributed by atoms with E-state index in [4.69, 9.17) is 4.98 Å². The summed E-state index contributed by atoms with van der Waals surface area (Å²) in [5, 5.41) is 3.11. The average Bonchev–Trinajstić information content (AvgIpc) is 3.22. The molecule has 1 fully saturated rings. The van der Waals surface area contributed by atoms with Crippen LogP contribution in [0.1, 0.15) is 31.2 Å². The second-order valence-electron chi connectivity index (χ2n) is 8.95. The minimum absolute atomic E-state index is 0.0670. The van der Waals surface area contributed by atoms with Crippen LogP contribution in [0.2, 0.25) is 0 Å². The Morgan fingerprint density at radius 2 is 1.91 bits per heavy atom. The molecule has 1 amide bonds. The predicted molar refractivity (Wildman–Crippen MR) is 133 cm³/mol. The summed E-state index contributed by atoms with van der Waals surface area (Å²) in [6.45, 7) is 4.34. The van der Waals surface area contributed by atoms with Gasteiger partial charge < -0.3 is 5.32 Å². The van der Waals surface area contributed by atoms with Gasteiger partial charge in [0.2, 0.25) is 5.91 Å². The van der Waals surface area contributed by atoms with Crippen LogP contribution in [0.5, 0.6) is 0 Å². The van der Waals surface area contributed by atoms with Crippen molar-refractivity contribution >= 4 is 22.6 Å². The van der Waals surface area contributed by atoms with Gasteiger partial charge in [-0.05, 0) is 79.9 Å². The number of amides is 1. The van der Waals surface area contributed by atoms with Crippen LogP contribution >= 0.6 is 0 Å². The number of anilines is 1. The maximum Gasteiger partial charge on any atom is 0.228 e. The smallest absolute Gasteiger partial charge is 0.228 e. The molecule has 2 heterocycles. The van der Waals surface area contributed by atoms with E-state index in [1.54, 1.807) is 12.1 Å². The summed E-state index contributed by atoms with van der Waals surface area (Å²) in [7, 11) is 0. The first kappa shape index (κ1) is 22.3. The van der Waals surface area contributed by atoms with Gasteiger partial charge in [0.1, 0.15) is 11.6 Å². The third-order valence-corrected chi connectivity index (χ3v) is 6.56. The van der Waals surface area contributed by atoms with Crippen LogP contribution < -0.4 is 5.32 Å². The molecule has 174 valence electrons. The van der Waals surface area contributed by atoms with Gasteiger partial charge in [0, 0.05) is 17.9 Å². The number of hydrogen-bond acceptors (Lipinski definition) is 3. The van der Waals surface area contributed by atoms with Crippen molar-refractivity contribution in [1.82, 2.24) is 14.5 Å². The van der Waals surface area contributed by atoms with Crippen molar-refractivity contribution in [1.29, 1.82) is 0 Å². The summed E-state index contributed by atoms with van der Waals surface area (Å²) < 4.78 is 15.7. The molecule has 0 unspecified atom stereocenters. The van der Waals surface area contributed by atoms with Crippen molar-refractivity contribution < 1.29 is 9.18 Å². The second-order valence-corrected chi connectivity index (χ2v) is 8.95. The monoisotopic (exact) mass is 456 g/mol. The van der Waals surface area contributed by atoms with Gasteiger partial charge in [-0.25, -0.2) is 9.37 Å². The van der Waals surface area contributed by atoms with E-state index in [-0.39, 0.29) is 17.6 Å². The van der Waals surface area contributed by atoms with Crippen LogP contribution in [-0.2, 0) is 17.8 Å². The third-order valence-electron chi connectivity index (χ3n) is 6.56. The SMILES string of the molecule is CCc1cccc(NC(=O)[C@@H]2CCCN(Cc3nc4ccccc4n3-c3ccc(F)cc3)C2)c1. The second kappa shape index (κ2) is 9.77. The zero-order valence-corrected chi connectivity index (χ0v) is 19.4. The highest BCUT2D eigenvalue weighted by Gasteiger charge is 2.27. The Hall–Kier alpha value is -3.51. The molecule has 6 heteroatoms. The van der Waals surface area contributed by atoms with E-state index >= 15 is 0 Å². The minimum atomic E-state index is -0.260. The van der Waals surface area contributed by atoms with Gasteiger partial charge in [-0.3, -0.25) is 14.3 Å². The van der Waals surface area contributed by atoms with E-state index in [0.717, 1.165) is 54.0 Å². The Morgan fingerprint density at radius 1 is 1.09 bits per heavy atom. The number of aromatic nitrogens is 2. The maximum atomic E-state index is 13.6. The van der Waals surface area contributed by atoms with Crippen molar-refractivity contribution in [2.45, 2.75) is 32.7 Å². The number of piperidine rings is 1. The van der Waals surface area contributed by atoms with Gasteiger partial charge in [-0.15, -0.1) is 0 Å². The van der Waals surface area contributed by atoms with Crippen LogP contribution in [0.4, 0.5) is 10.1 Å². The van der Waals surface area contributed by atoms with Crippen molar-refractivity contribution in [3.63, 3.8) is 0 Å². The molecular weight excluding hydrogens is 427 g/mol. The molecule has 34 heavy (non-hydrogen) atoms. The summed E-state index contributed by atoms with van der Waals surface area (Å²) in [6.07, 6.45) is 2.78. The number of para-hydroxylation sites is 2. The van der Waals surface area contributed by atoms with E-state index in [1.165, 1.54) is 17.7 Å². The average molecular weight is 457 g/mol. The van der Waals surface area contributed by atoms with Crippen LogP contribution in [-0.4, -0.2) is 33.4 Å². The molecule has 3 aromatic carbocycles. The lowest BCUT2D eigenvalue weighted by Crippen LogP contribution is -2.40. The van der Waals surface area contributed by atoms with E-state index in [9.17, 15) is 9.18 Å². The highest BCUT2D eigenvalue weighted by atomic mass is 19.1. The molecule has 0 spiro atoms. The highest BCUT2D eigenvalue weighted by molar-refractivity contribution is 5.92. The molecule has 1 aliphatic heterocycles. The summed E-state index contributed by atoms with van der Waals surface area (Å²) in [4.78, 5) is 20.2. The number of carbonyl (C=O) groups excluding carboxylic acids is 1. The lowest BCUT2D eigenvalue weighted by molar-refractivity contribution is -0.121. The number of nitrogens with one attached hydrogen (secondary N) is 1. The Labute approximate surface area is 199 Å². The third kappa shape index (κ3) is 4.73. The quantitative estimate of drug-likeness (QED) is 0.412. The first-order valence-electron chi connectivity index (χ1n) is 11.9. The molecule has 1 N–H and O–H groups in total. The number of carbonyl (C=O) groups is 1. The molecule has 0 saturated carbocycles. The fourth-order valence-electron chi connectivity index (χ4n) is 4.79. The molecule has 0 radical (unpaired) electrons. The molecule has 1 atom stereocenters. The molecule has 1 saturated heterocycles. The standard InChI is InChI=1S/C28H29FN4O/c1-2-20-7-5-9-23(17-20)30-28(34)21-8-6-16-32(18-21)19-27-31-25-10-3-4-11-26(25)33(27)24-14-12-22(29)13-15-24/h3-5,7,9-15,17,21H,2,6,8,16,18-19H2,1H3,(H,30,34)/t21-/m1/s1. The fourth-order valence-corrected chi connectivity index (χ4v) is 4.79. The van der Waals surface area contributed by atoms with Gasteiger partial charge >= 0.3 is 0 Å². The number of likely N-dealkylation sites (tertiary alicyclic amines) is 1. The van der Waals surface area contributed by atoms with E-state index in [2.05, 4.69) is 27.8 Å². The molecule has 0 aliphatic carbocycles. The maximum absolute atomic E-state index is 13.6. The van der Waals surface area contributed by atoms with Crippen molar-refractivity contribution in [3.8, 4) is 5.69 Å². The van der Waals surface area contributed by atoms with E-state index in [0.29, 0.717) is 13.1 Å². The van der Waals surface area contributed by atoms with Crippen LogP contribution in [0, 0.1) is 11.7 Å². The molecule has 0 bridgehead atoms. The summed E-state index contributed by atoms with van der Waals surface area (Å²) in [5.74, 6) is 0.640. The molecule has 5 nitrogen and oxygen atoms in total. The molecule has 5 rings (SSSR count). The van der Waals surface area contributed by atoms with E-state index in [1.807, 2.05) is 42.5 Å². The first-order valence-corrected chi connectivity index (χ1v) is 11.9. The Kier molecular flexibility index (Phi) is 6.41. The van der Waals surface area contributed by atoms with E-state index < -0.39 is 0 Å². The van der Waals surface area contributed by atoms with Gasteiger partial charge in [-0.2, -0.15) is 0 Å². The minimum Gasteiger partial charge on any atom is -0.326 e. The van der Waals surface area contributed by atoms with Crippen LogP contribution in [0.25, 0.3) is 16.7 Å². The molecule has 1 aliphatic rings. The van der Waals surface area contributed by atoms with Gasteiger partial charge in [0.15, 0.2) is 0 Å². The van der Waals surface area contributed by atoms with Crippen LogP contribution in [0.15, 0.2) is 72.8 Å². The normalized spacial score (nSPS) is 16.6. The van der Waals surface area contributed by atoms with Crippen molar-refractivity contribution in [2.75, 3.05) is 18.4 Å². The largest absolute Gasteiger partial charge is 0.326 e. The zero-order valence-electron chi connectivity index (χ0n) is 19.4. The fraction of sp³-hybridized carbons (Fsp3) is 0.286. The summed E-state index contributed by atoms with van der Waals surface area (Å²) in [6, 6.07) is 22.6. The lowest BCUT2D eigenvalue weighted by Gasteiger charge is -2.31. The number of imidazole rings is 1. The predicted octanol–water partition coefficient (Wildman–Crippen LogP) is 5.58. The Balaban J connectivity index is 1.35. The van der Waals surface area contributed by atoms with Crippen molar-refractivity contribution in [2.24, 2.45) is 5.92 Å². The van der Waals surface area contributed by atoms with Gasteiger partial charge in [0.05, 0.1) is 23.5 Å². The summed E-state index contributed by atoms with van der Waals surface area (Å²) in [5.41, 5.74) is 4.85. The molecule has 1 aromatic heterocycles. The van der Waals surface area contributed by atoms with Gasteiger partial charge in [0.25, 0.3) is 0 Å². The number of halogens is 1. The number of nitrogens with zero attached hydrogens (tertiary/aromatic N) is 3. The zero-order chi connectivity index (χ0) is 23.5. The molecule has 4 aromatic rings. The Bertz CT molecular complexity index is 1300. The molecular formula is C28H29FN4O. The number of rotatable bonds is 6. The number of benzene rings is 3. The van der Waals surface area contributed by atoms with Crippen LogP contribution in [0.3, 0.4) is 0 Å². The topological polar surface area (TPSA) is 50.2 Å². The first-order chi connectivity index (χ1) is 16.6. The van der Waals surface area contributed by atoms with Gasteiger partial charge in [-0.1, -0.05) is 31.2 Å².